The topological polar surface area (TPSA) is 21.3 Å². The summed E-state index contributed by atoms with van der Waals surface area (Å²) in [6, 6.07) is 10.5. The molecule has 0 aliphatic carbocycles. The van der Waals surface area contributed by atoms with E-state index in [2.05, 4.69) is 21.2 Å². The molecule has 2 aromatic carbocycles. The molecule has 0 aliphatic heterocycles. The van der Waals surface area contributed by atoms with Crippen LogP contribution in [0, 0.1) is 5.82 Å². The van der Waals surface area contributed by atoms with Crippen molar-refractivity contribution >= 4 is 27.5 Å². The van der Waals surface area contributed by atoms with E-state index in [1.54, 1.807) is 12.1 Å². The second-order valence-corrected chi connectivity index (χ2v) is 5.53. The van der Waals surface area contributed by atoms with Crippen LogP contribution in [0.15, 0.2) is 40.9 Å². The number of benzene rings is 2. The lowest BCUT2D eigenvalue weighted by molar-refractivity contribution is 0.303. The molecule has 5 heteroatoms. The average Bonchev–Trinajstić information content (AvgIpc) is 2.42. The molecule has 0 atom stereocenters. The van der Waals surface area contributed by atoms with Crippen molar-refractivity contribution in [2.24, 2.45) is 0 Å². The lowest BCUT2D eigenvalue weighted by Gasteiger charge is -2.11. The summed E-state index contributed by atoms with van der Waals surface area (Å²) in [7, 11) is 1.89. The highest BCUT2D eigenvalue weighted by molar-refractivity contribution is 9.10. The molecule has 0 aromatic heterocycles. The fraction of sp³-hybridized carbons (Fsp3) is 0.200. The summed E-state index contributed by atoms with van der Waals surface area (Å²) in [5.74, 6) is 0.265. The van der Waals surface area contributed by atoms with Gasteiger partial charge in [-0.2, -0.15) is 0 Å². The number of rotatable bonds is 5. The maximum atomic E-state index is 13.3. The molecule has 20 heavy (non-hydrogen) atoms. The Morgan fingerprint density at radius 3 is 2.80 bits per heavy atom. The van der Waals surface area contributed by atoms with Gasteiger partial charge < -0.3 is 10.1 Å². The molecule has 0 bridgehead atoms. The third-order valence-electron chi connectivity index (χ3n) is 2.79. The van der Waals surface area contributed by atoms with Gasteiger partial charge in [0.2, 0.25) is 0 Å². The summed E-state index contributed by atoms with van der Waals surface area (Å²) in [6.07, 6.45) is 0. The van der Waals surface area contributed by atoms with Crippen LogP contribution < -0.4 is 10.1 Å². The maximum absolute atomic E-state index is 13.3. The molecule has 0 aliphatic rings. The summed E-state index contributed by atoms with van der Waals surface area (Å²) in [6.45, 7) is 1.01. The molecule has 0 unspecified atom stereocenters. The molecule has 2 rings (SSSR count). The van der Waals surface area contributed by atoms with Gasteiger partial charge in [-0.15, -0.1) is 0 Å². The third kappa shape index (κ3) is 3.72. The van der Waals surface area contributed by atoms with Crippen molar-refractivity contribution < 1.29 is 9.13 Å². The summed E-state index contributed by atoms with van der Waals surface area (Å²) < 4.78 is 19.9. The molecule has 2 nitrogen and oxygen atoms in total. The van der Waals surface area contributed by atoms with Crippen LogP contribution in [0.25, 0.3) is 0 Å². The van der Waals surface area contributed by atoms with Crippen LogP contribution in [0.4, 0.5) is 4.39 Å². The molecule has 0 spiro atoms. The van der Waals surface area contributed by atoms with Gasteiger partial charge in [-0.3, -0.25) is 0 Å². The minimum Gasteiger partial charge on any atom is -0.488 e. The third-order valence-corrected chi connectivity index (χ3v) is 3.83. The molecular weight excluding hydrogens is 345 g/mol. The molecule has 1 N–H and O–H groups in total. The zero-order valence-corrected chi connectivity index (χ0v) is 13.3. The molecule has 106 valence electrons. The number of hydrogen-bond acceptors (Lipinski definition) is 2. The Hall–Kier alpha value is -1.10. The SMILES string of the molecule is CNCc1ccc(OCc2cccc(F)c2Cl)c(Br)c1. The Morgan fingerprint density at radius 2 is 2.10 bits per heavy atom. The molecule has 0 saturated heterocycles. The zero-order valence-electron chi connectivity index (χ0n) is 10.9. The standard InChI is InChI=1S/C15H14BrClFNO/c1-19-8-10-5-6-14(12(16)7-10)20-9-11-3-2-4-13(18)15(11)17/h2-7,19H,8-9H2,1H3. The van der Waals surface area contributed by atoms with E-state index in [9.17, 15) is 4.39 Å². The summed E-state index contributed by atoms with van der Waals surface area (Å²) in [4.78, 5) is 0. The van der Waals surface area contributed by atoms with Crippen molar-refractivity contribution in [3.63, 3.8) is 0 Å². The first-order valence-corrected chi connectivity index (χ1v) is 7.27. The van der Waals surface area contributed by atoms with Gasteiger partial charge in [0.1, 0.15) is 18.2 Å². The highest BCUT2D eigenvalue weighted by atomic mass is 79.9. The fourth-order valence-electron chi connectivity index (χ4n) is 1.79. The Balaban J connectivity index is 2.09. The van der Waals surface area contributed by atoms with Crippen LogP contribution in [0.5, 0.6) is 5.75 Å². The molecule has 2 aromatic rings. The van der Waals surface area contributed by atoms with Crippen LogP contribution in [0.1, 0.15) is 11.1 Å². The molecule has 0 radical (unpaired) electrons. The second kappa shape index (κ2) is 7.07. The van der Waals surface area contributed by atoms with E-state index in [4.69, 9.17) is 16.3 Å². The van der Waals surface area contributed by atoms with E-state index in [1.807, 2.05) is 25.2 Å². The number of hydrogen-bond donors (Lipinski definition) is 1. The van der Waals surface area contributed by atoms with E-state index < -0.39 is 5.82 Å². The maximum Gasteiger partial charge on any atom is 0.142 e. The van der Waals surface area contributed by atoms with Gasteiger partial charge in [-0.1, -0.05) is 29.8 Å². The van der Waals surface area contributed by atoms with Gasteiger partial charge in [0.15, 0.2) is 0 Å². The minimum atomic E-state index is -0.434. The van der Waals surface area contributed by atoms with Gasteiger partial charge in [-0.25, -0.2) is 4.39 Å². The predicted molar refractivity (Wildman–Crippen MR) is 82.6 cm³/mol. The zero-order chi connectivity index (χ0) is 14.5. The van der Waals surface area contributed by atoms with Crippen LogP contribution in [0.2, 0.25) is 5.02 Å². The Kier molecular flexibility index (Phi) is 5.40. The van der Waals surface area contributed by atoms with Crippen molar-refractivity contribution in [2.45, 2.75) is 13.2 Å². The first-order chi connectivity index (χ1) is 9.61. The summed E-state index contributed by atoms with van der Waals surface area (Å²) in [5, 5.41) is 3.19. The summed E-state index contributed by atoms with van der Waals surface area (Å²) >= 11 is 9.35. The second-order valence-electron chi connectivity index (χ2n) is 4.30. The van der Waals surface area contributed by atoms with Crippen LogP contribution in [-0.4, -0.2) is 7.05 Å². The fourth-order valence-corrected chi connectivity index (χ4v) is 2.51. The average molecular weight is 359 g/mol. The molecule has 0 heterocycles. The van der Waals surface area contributed by atoms with Gasteiger partial charge in [-0.05, 0) is 46.7 Å². The molecule has 0 amide bonds. The smallest absolute Gasteiger partial charge is 0.142 e. The first kappa shape index (κ1) is 15.3. The molecule has 0 saturated carbocycles. The molecule has 0 fully saturated rings. The van der Waals surface area contributed by atoms with E-state index in [1.165, 1.54) is 6.07 Å². The highest BCUT2D eigenvalue weighted by Crippen LogP contribution is 2.28. The van der Waals surface area contributed by atoms with Crippen LogP contribution >= 0.6 is 27.5 Å². The van der Waals surface area contributed by atoms with Gasteiger partial charge in [0.05, 0.1) is 9.50 Å². The number of ether oxygens (including phenoxy) is 1. The van der Waals surface area contributed by atoms with Crippen LogP contribution in [-0.2, 0) is 13.2 Å². The van der Waals surface area contributed by atoms with Crippen molar-refractivity contribution in [3.8, 4) is 5.75 Å². The monoisotopic (exact) mass is 357 g/mol. The van der Waals surface area contributed by atoms with Crippen LogP contribution in [0.3, 0.4) is 0 Å². The highest BCUT2D eigenvalue weighted by Gasteiger charge is 2.08. The Bertz CT molecular complexity index is 606. The van der Waals surface area contributed by atoms with Gasteiger partial charge >= 0.3 is 0 Å². The van der Waals surface area contributed by atoms with Crippen molar-refractivity contribution in [1.82, 2.24) is 5.32 Å². The predicted octanol–water partition coefficient (Wildman–Crippen LogP) is 4.54. The lowest BCUT2D eigenvalue weighted by Crippen LogP contribution is -2.05. The Labute approximate surface area is 131 Å². The molecular formula is C15H14BrClFNO. The van der Waals surface area contributed by atoms with E-state index in [0.29, 0.717) is 11.3 Å². The van der Waals surface area contributed by atoms with Crippen molar-refractivity contribution in [2.75, 3.05) is 7.05 Å². The van der Waals surface area contributed by atoms with Crippen molar-refractivity contribution in [1.29, 1.82) is 0 Å². The van der Waals surface area contributed by atoms with Gasteiger partial charge in [0, 0.05) is 12.1 Å². The van der Waals surface area contributed by atoms with E-state index in [-0.39, 0.29) is 11.6 Å². The minimum absolute atomic E-state index is 0.107. The van der Waals surface area contributed by atoms with E-state index in [0.717, 1.165) is 16.6 Å². The number of halogens is 3. The summed E-state index contributed by atoms with van der Waals surface area (Å²) in [5.41, 5.74) is 1.77. The largest absolute Gasteiger partial charge is 0.488 e. The van der Waals surface area contributed by atoms with E-state index >= 15 is 0 Å². The Morgan fingerprint density at radius 1 is 1.30 bits per heavy atom. The lowest BCUT2D eigenvalue weighted by atomic mass is 10.2. The quantitative estimate of drug-likeness (QED) is 0.847. The number of nitrogens with one attached hydrogen (secondary N) is 1. The van der Waals surface area contributed by atoms with Gasteiger partial charge in [0.25, 0.3) is 0 Å². The normalized spacial score (nSPS) is 10.6. The first-order valence-electron chi connectivity index (χ1n) is 6.10. The van der Waals surface area contributed by atoms with Crippen molar-refractivity contribution in [3.05, 3.63) is 62.8 Å².